The Morgan fingerprint density at radius 3 is 2.44 bits per heavy atom. The van der Waals surface area contributed by atoms with Crippen molar-refractivity contribution in [1.29, 1.82) is 0 Å². The molecule has 0 aromatic carbocycles. The number of allylic oxidation sites excluding steroid dienone is 2. The van der Waals surface area contributed by atoms with Crippen molar-refractivity contribution in [2.75, 3.05) is 6.16 Å². The van der Waals surface area contributed by atoms with Gasteiger partial charge in [0, 0.05) is 0 Å². The summed E-state index contributed by atoms with van der Waals surface area (Å²) in [6.45, 7) is 6.90. The molecule has 0 aliphatic carbocycles. The molecule has 0 radical (unpaired) electrons. The fourth-order valence-electron chi connectivity index (χ4n) is 1.18. The van der Waals surface area contributed by atoms with Crippen molar-refractivity contribution in [3.05, 3.63) is 11.1 Å². The van der Waals surface area contributed by atoms with Crippen LogP contribution in [0.1, 0.15) is 27.2 Å². The maximum Gasteiger partial charge on any atom is -0.0140 e. The van der Waals surface area contributed by atoms with Crippen LogP contribution in [-0.4, -0.2) is 11.8 Å². The smallest absolute Gasteiger partial charge is 0.0140 e. The predicted molar refractivity (Wildman–Crippen MR) is 45.6 cm³/mol. The molecule has 1 heterocycles. The molecule has 52 valence electrons. The average Bonchev–Trinajstić information content (AvgIpc) is 1.80. The van der Waals surface area contributed by atoms with Crippen molar-refractivity contribution in [3.63, 3.8) is 0 Å². The highest BCUT2D eigenvalue weighted by Crippen LogP contribution is 2.33. The molecule has 0 saturated heterocycles. The number of rotatable bonds is 0. The van der Waals surface area contributed by atoms with Crippen LogP contribution in [0.2, 0.25) is 0 Å². The third-order valence-electron chi connectivity index (χ3n) is 2.06. The van der Waals surface area contributed by atoms with E-state index in [0.29, 0.717) is 0 Å². The maximum absolute atomic E-state index is 2.36. The van der Waals surface area contributed by atoms with Crippen LogP contribution in [0.5, 0.6) is 0 Å². The first kappa shape index (κ1) is 7.28. The van der Waals surface area contributed by atoms with Gasteiger partial charge in [-0.05, 0) is 32.1 Å². The summed E-state index contributed by atoms with van der Waals surface area (Å²) in [6.07, 6.45) is 2.72. The van der Waals surface area contributed by atoms with Gasteiger partial charge in [0.15, 0.2) is 0 Å². The van der Waals surface area contributed by atoms with E-state index in [1.54, 1.807) is 11.1 Å². The van der Waals surface area contributed by atoms with Gasteiger partial charge in [0.1, 0.15) is 0 Å². The minimum absolute atomic E-state index is 0.966. The molecule has 0 aromatic rings. The zero-order chi connectivity index (χ0) is 6.85. The van der Waals surface area contributed by atoms with Crippen LogP contribution in [0.25, 0.3) is 0 Å². The standard InChI is InChI=1S/C8H15P/c1-6-4-8(3)9-5-7(6)2/h8-9H,4-5H2,1-3H3. The van der Waals surface area contributed by atoms with Gasteiger partial charge in [-0.3, -0.25) is 0 Å². The van der Waals surface area contributed by atoms with E-state index in [-0.39, 0.29) is 0 Å². The van der Waals surface area contributed by atoms with Crippen LogP contribution >= 0.6 is 8.58 Å². The van der Waals surface area contributed by atoms with Gasteiger partial charge in [0.05, 0.1) is 0 Å². The molecule has 0 nitrogen and oxygen atoms in total. The minimum atomic E-state index is 0.966. The van der Waals surface area contributed by atoms with Crippen molar-refractivity contribution in [2.45, 2.75) is 32.9 Å². The summed E-state index contributed by atoms with van der Waals surface area (Å²) >= 11 is 0. The van der Waals surface area contributed by atoms with Gasteiger partial charge >= 0.3 is 0 Å². The van der Waals surface area contributed by atoms with Crippen LogP contribution in [0, 0.1) is 0 Å². The Morgan fingerprint density at radius 2 is 2.00 bits per heavy atom. The molecule has 0 amide bonds. The second kappa shape index (κ2) is 2.84. The van der Waals surface area contributed by atoms with E-state index in [1.165, 1.54) is 21.2 Å². The molecule has 1 heteroatoms. The van der Waals surface area contributed by atoms with E-state index < -0.39 is 0 Å². The highest BCUT2D eigenvalue weighted by molar-refractivity contribution is 7.39. The molecular formula is C8H15P. The molecule has 0 aromatic heterocycles. The lowest BCUT2D eigenvalue weighted by molar-refractivity contribution is 0.884. The van der Waals surface area contributed by atoms with Gasteiger partial charge in [-0.25, -0.2) is 0 Å². The van der Waals surface area contributed by atoms with Gasteiger partial charge < -0.3 is 0 Å². The van der Waals surface area contributed by atoms with Crippen LogP contribution in [0.15, 0.2) is 11.1 Å². The Bertz CT molecular complexity index is 136. The molecule has 0 bridgehead atoms. The predicted octanol–water partition coefficient (Wildman–Crippen LogP) is 2.79. The largest absolute Gasteiger partial charge is 0.115 e. The Hall–Kier alpha value is 0.170. The van der Waals surface area contributed by atoms with Gasteiger partial charge in [-0.2, -0.15) is 0 Å². The zero-order valence-electron chi connectivity index (χ0n) is 6.49. The van der Waals surface area contributed by atoms with Crippen LogP contribution in [-0.2, 0) is 0 Å². The maximum atomic E-state index is 2.36. The molecule has 1 aliphatic heterocycles. The lowest BCUT2D eigenvalue weighted by atomic mass is 10.1. The first-order chi connectivity index (χ1) is 4.20. The molecule has 0 spiro atoms. The fraction of sp³-hybridized carbons (Fsp3) is 0.750. The van der Waals surface area contributed by atoms with Crippen molar-refractivity contribution < 1.29 is 0 Å². The molecule has 9 heavy (non-hydrogen) atoms. The van der Waals surface area contributed by atoms with Gasteiger partial charge in [0.2, 0.25) is 0 Å². The summed E-state index contributed by atoms with van der Waals surface area (Å²) in [5.41, 5.74) is 4.25. The molecule has 0 N–H and O–H groups in total. The summed E-state index contributed by atoms with van der Waals surface area (Å²) in [5, 5.41) is 0. The molecule has 2 unspecified atom stereocenters. The Morgan fingerprint density at radius 1 is 1.33 bits per heavy atom. The van der Waals surface area contributed by atoms with Gasteiger partial charge in [-0.1, -0.05) is 18.1 Å². The fourth-order valence-corrected chi connectivity index (χ4v) is 2.59. The lowest BCUT2D eigenvalue weighted by Crippen LogP contribution is -2.04. The van der Waals surface area contributed by atoms with E-state index in [9.17, 15) is 0 Å². The average molecular weight is 142 g/mol. The number of hydrogen-bond donors (Lipinski definition) is 0. The van der Waals surface area contributed by atoms with E-state index in [4.69, 9.17) is 0 Å². The second-order valence-corrected chi connectivity index (χ2v) is 4.79. The summed E-state index contributed by atoms with van der Waals surface area (Å²) in [6, 6.07) is 0. The van der Waals surface area contributed by atoms with E-state index in [1.807, 2.05) is 0 Å². The summed E-state index contributed by atoms with van der Waals surface area (Å²) in [4.78, 5) is 0. The van der Waals surface area contributed by atoms with Crippen molar-refractivity contribution in [2.24, 2.45) is 0 Å². The molecule has 0 fully saturated rings. The highest BCUT2D eigenvalue weighted by atomic mass is 31.1. The monoisotopic (exact) mass is 142 g/mol. The Labute approximate surface area is 59.5 Å². The van der Waals surface area contributed by atoms with Gasteiger partial charge in [0.25, 0.3) is 0 Å². The zero-order valence-corrected chi connectivity index (χ0v) is 7.49. The summed E-state index contributed by atoms with van der Waals surface area (Å²) < 4.78 is 0. The van der Waals surface area contributed by atoms with Crippen LogP contribution in [0.4, 0.5) is 0 Å². The SMILES string of the molecule is CC1=C(C)CC(C)PC1. The quantitative estimate of drug-likeness (QED) is 0.360. The van der Waals surface area contributed by atoms with E-state index in [2.05, 4.69) is 20.8 Å². The minimum Gasteiger partial charge on any atom is -0.115 e. The molecule has 2 atom stereocenters. The third-order valence-corrected chi connectivity index (χ3v) is 3.69. The topological polar surface area (TPSA) is 0 Å². The normalized spacial score (nSPS) is 31.7. The van der Waals surface area contributed by atoms with E-state index >= 15 is 0 Å². The second-order valence-electron chi connectivity index (χ2n) is 3.05. The van der Waals surface area contributed by atoms with E-state index in [0.717, 1.165) is 5.66 Å². The summed E-state index contributed by atoms with van der Waals surface area (Å²) in [7, 11) is 1.18. The first-order valence-corrected chi connectivity index (χ1v) is 4.87. The third kappa shape index (κ3) is 1.79. The first-order valence-electron chi connectivity index (χ1n) is 3.58. The van der Waals surface area contributed by atoms with Gasteiger partial charge in [-0.15, -0.1) is 8.58 Å². The number of hydrogen-bond acceptors (Lipinski definition) is 0. The van der Waals surface area contributed by atoms with Crippen LogP contribution < -0.4 is 0 Å². The molecule has 1 aliphatic rings. The van der Waals surface area contributed by atoms with Crippen LogP contribution in [0.3, 0.4) is 0 Å². The summed E-state index contributed by atoms with van der Waals surface area (Å²) in [5.74, 6) is 0. The Kier molecular flexibility index (Phi) is 2.29. The molecule has 0 saturated carbocycles. The molecule has 1 rings (SSSR count). The highest BCUT2D eigenvalue weighted by Gasteiger charge is 2.10. The Balaban J connectivity index is 2.61. The molecular weight excluding hydrogens is 127 g/mol. The van der Waals surface area contributed by atoms with Crippen molar-refractivity contribution >= 4 is 8.58 Å². The lowest BCUT2D eigenvalue weighted by Gasteiger charge is -2.20. The van der Waals surface area contributed by atoms with Crippen molar-refractivity contribution in [1.82, 2.24) is 0 Å². The van der Waals surface area contributed by atoms with Crippen molar-refractivity contribution in [3.8, 4) is 0 Å².